The van der Waals surface area contributed by atoms with Gasteiger partial charge in [0.15, 0.2) is 6.61 Å². The zero-order valence-electron chi connectivity index (χ0n) is 17.0. The molecule has 0 aliphatic carbocycles. The third-order valence-corrected chi connectivity index (χ3v) is 5.72. The number of esters is 1. The van der Waals surface area contributed by atoms with Crippen molar-refractivity contribution in [2.75, 3.05) is 17.7 Å². The lowest BCUT2D eigenvalue weighted by atomic mass is 10.2. The number of carbonyl (C=O) groups excluding carboxylic acids is 3. The minimum atomic E-state index is -3.83. The van der Waals surface area contributed by atoms with Gasteiger partial charge in [-0.05, 0) is 50.2 Å². The maximum Gasteiger partial charge on any atom is 0.339 e. The van der Waals surface area contributed by atoms with E-state index >= 15 is 0 Å². The van der Waals surface area contributed by atoms with E-state index < -0.39 is 28.5 Å². The Balaban J connectivity index is 1.92. The van der Waals surface area contributed by atoms with Gasteiger partial charge in [-0.25, -0.2) is 18.4 Å². The number of carbonyl (C=O) groups is 3. The molecule has 0 heterocycles. The van der Waals surface area contributed by atoms with E-state index in [9.17, 15) is 22.8 Å². The molecule has 0 bridgehead atoms. The minimum Gasteiger partial charge on any atom is -0.452 e. The Kier molecular flexibility index (Phi) is 8.60. The maximum atomic E-state index is 12.4. The van der Waals surface area contributed by atoms with Crippen LogP contribution in [0.15, 0.2) is 58.3 Å². The van der Waals surface area contributed by atoms with Crippen molar-refractivity contribution in [3.8, 4) is 0 Å². The highest BCUT2D eigenvalue weighted by Gasteiger charge is 2.16. The summed E-state index contributed by atoms with van der Waals surface area (Å²) in [5.74, 6) is -1.32. The summed E-state index contributed by atoms with van der Waals surface area (Å²) in [6.07, 6.45) is 0. The summed E-state index contributed by atoms with van der Waals surface area (Å²) in [5.41, 5.74) is 0.565. The van der Waals surface area contributed by atoms with Crippen molar-refractivity contribution in [2.45, 2.75) is 29.7 Å². The summed E-state index contributed by atoms with van der Waals surface area (Å²) in [6.45, 7) is 3.17. The van der Waals surface area contributed by atoms with E-state index in [1.54, 1.807) is 24.3 Å². The van der Waals surface area contributed by atoms with Crippen molar-refractivity contribution < 1.29 is 27.5 Å². The van der Waals surface area contributed by atoms with E-state index in [4.69, 9.17) is 9.88 Å². The molecule has 0 fully saturated rings. The number of rotatable bonds is 9. The summed E-state index contributed by atoms with van der Waals surface area (Å²) in [4.78, 5) is 36.7. The second-order valence-corrected chi connectivity index (χ2v) is 9.28. The Labute approximate surface area is 184 Å². The number of hydrogen-bond donors (Lipinski definition) is 3. The average Bonchev–Trinajstić information content (AvgIpc) is 2.70. The highest BCUT2D eigenvalue weighted by molar-refractivity contribution is 8.00. The molecule has 166 valence electrons. The van der Waals surface area contributed by atoms with E-state index in [-0.39, 0.29) is 28.2 Å². The van der Waals surface area contributed by atoms with Crippen molar-refractivity contribution >= 4 is 45.3 Å². The fourth-order valence-electron chi connectivity index (χ4n) is 2.40. The number of hydrogen-bond acceptors (Lipinski definition) is 7. The van der Waals surface area contributed by atoms with Gasteiger partial charge in [-0.3, -0.25) is 9.59 Å². The molecule has 0 saturated heterocycles. The lowest BCUT2D eigenvalue weighted by molar-refractivity contribution is -0.119. The molecular formula is C20H23N3O6S2. The van der Waals surface area contributed by atoms with Gasteiger partial charge in [0, 0.05) is 16.6 Å². The maximum absolute atomic E-state index is 12.4. The van der Waals surface area contributed by atoms with Crippen LogP contribution in [0.4, 0.5) is 5.69 Å². The van der Waals surface area contributed by atoms with Crippen LogP contribution >= 0.6 is 11.8 Å². The molecular weight excluding hydrogens is 442 g/mol. The number of sulfonamides is 1. The predicted molar refractivity (Wildman–Crippen MR) is 117 cm³/mol. The zero-order chi connectivity index (χ0) is 23.0. The second kappa shape index (κ2) is 10.9. The summed E-state index contributed by atoms with van der Waals surface area (Å²) in [5, 5.41) is 10.3. The van der Waals surface area contributed by atoms with Crippen LogP contribution < -0.4 is 15.8 Å². The minimum absolute atomic E-state index is 0.0164. The third kappa shape index (κ3) is 8.04. The topological polar surface area (TPSA) is 145 Å². The molecule has 0 aromatic heterocycles. The number of nitrogens with two attached hydrogens (primary N) is 1. The van der Waals surface area contributed by atoms with Crippen LogP contribution in [0, 0.1) is 0 Å². The third-order valence-electron chi connectivity index (χ3n) is 3.72. The molecule has 2 amide bonds. The quantitative estimate of drug-likeness (QED) is 0.378. The summed E-state index contributed by atoms with van der Waals surface area (Å²) >= 11 is 1.19. The molecule has 0 aliphatic heterocycles. The first-order chi connectivity index (χ1) is 14.6. The first kappa shape index (κ1) is 24.4. The van der Waals surface area contributed by atoms with Crippen molar-refractivity contribution in [2.24, 2.45) is 5.14 Å². The molecule has 2 aromatic carbocycles. The Bertz CT molecular complexity index is 1050. The monoisotopic (exact) mass is 465 g/mol. The number of thioether (sulfide) groups is 1. The molecule has 0 saturated carbocycles. The molecule has 0 unspecified atom stereocenters. The SMILES string of the molecule is CC(C)NC(=O)CSc1ccccc1C(=O)OCC(=O)Nc1ccc(S(N)(=O)=O)cc1. The number of nitrogens with one attached hydrogen (secondary N) is 2. The Hall–Kier alpha value is -2.89. The first-order valence-electron chi connectivity index (χ1n) is 9.17. The van der Waals surface area contributed by atoms with Gasteiger partial charge in [-0.2, -0.15) is 0 Å². The largest absolute Gasteiger partial charge is 0.452 e. The Morgan fingerprint density at radius 1 is 1.03 bits per heavy atom. The van der Waals surface area contributed by atoms with E-state index in [2.05, 4.69) is 10.6 Å². The van der Waals surface area contributed by atoms with Crippen molar-refractivity contribution in [1.82, 2.24) is 5.32 Å². The zero-order valence-corrected chi connectivity index (χ0v) is 18.6. The Morgan fingerprint density at radius 3 is 2.29 bits per heavy atom. The van der Waals surface area contributed by atoms with Crippen LogP contribution in [-0.4, -0.2) is 44.6 Å². The average molecular weight is 466 g/mol. The van der Waals surface area contributed by atoms with Gasteiger partial charge in [0.25, 0.3) is 5.91 Å². The molecule has 31 heavy (non-hydrogen) atoms. The van der Waals surface area contributed by atoms with Gasteiger partial charge in [0.2, 0.25) is 15.9 Å². The number of anilines is 1. The number of amides is 2. The molecule has 0 spiro atoms. The van der Waals surface area contributed by atoms with Gasteiger partial charge >= 0.3 is 5.97 Å². The second-order valence-electron chi connectivity index (χ2n) is 6.70. The lowest BCUT2D eigenvalue weighted by Crippen LogP contribution is -2.31. The van der Waals surface area contributed by atoms with E-state index in [0.717, 1.165) is 0 Å². The van der Waals surface area contributed by atoms with Crippen LogP contribution in [0.25, 0.3) is 0 Å². The van der Waals surface area contributed by atoms with Gasteiger partial charge in [-0.1, -0.05) is 12.1 Å². The molecule has 9 nitrogen and oxygen atoms in total. The molecule has 11 heteroatoms. The van der Waals surface area contributed by atoms with E-state index in [0.29, 0.717) is 10.6 Å². The van der Waals surface area contributed by atoms with Gasteiger partial charge < -0.3 is 15.4 Å². The van der Waals surface area contributed by atoms with Crippen molar-refractivity contribution in [3.63, 3.8) is 0 Å². The molecule has 4 N–H and O–H groups in total. The van der Waals surface area contributed by atoms with Crippen LogP contribution in [0.5, 0.6) is 0 Å². The Morgan fingerprint density at radius 2 is 1.68 bits per heavy atom. The summed E-state index contributed by atoms with van der Waals surface area (Å²) in [7, 11) is -3.83. The molecule has 0 atom stereocenters. The van der Waals surface area contributed by atoms with E-state index in [1.165, 1.54) is 36.0 Å². The molecule has 2 rings (SSSR count). The van der Waals surface area contributed by atoms with Crippen LogP contribution in [0.2, 0.25) is 0 Å². The van der Waals surface area contributed by atoms with Gasteiger partial charge in [0.05, 0.1) is 16.2 Å². The highest BCUT2D eigenvalue weighted by atomic mass is 32.2. The number of ether oxygens (including phenoxy) is 1. The predicted octanol–water partition coefficient (Wildman–Crippen LogP) is 1.75. The number of benzene rings is 2. The van der Waals surface area contributed by atoms with Gasteiger partial charge in [0.1, 0.15) is 0 Å². The molecule has 2 aromatic rings. The number of primary sulfonamides is 1. The fourth-order valence-corrected chi connectivity index (χ4v) is 3.77. The standard InChI is InChI=1S/C20H23N3O6S2/c1-13(2)22-19(25)12-30-17-6-4-3-5-16(17)20(26)29-11-18(24)23-14-7-9-15(10-8-14)31(21,27)28/h3-10,13H,11-12H2,1-2H3,(H,22,25)(H,23,24)(H2,21,27,28). The lowest BCUT2D eigenvalue weighted by Gasteiger charge is -2.11. The highest BCUT2D eigenvalue weighted by Crippen LogP contribution is 2.23. The first-order valence-corrected chi connectivity index (χ1v) is 11.7. The van der Waals surface area contributed by atoms with Crippen molar-refractivity contribution in [1.29, 1.82) is 0 Å². The summed E-state index contributed by atoms with van der Waals surface area (Å²) in [6, 6.07) is 11.9. The molecule has 0 aliphatic rings. The van der Waals surface area contributed by atoms with Crippen LogP contribution in [-0.2, 0) is 24.3 Å². The van der Waals surface area contributed by atoms with Gasteiger partial charge in [-0.15, -0.1) is 11.8 Å². The van der Waals surface area contributed by atoms with Crippen LogP contribution in [0.3, 0.4) is 0 Å². The van der Waals surface area contributed by atoms with E-state index in [1.807, 2.05) is 13.8 Å². The fraction of sp³-hybridized carbons (Fsp3) is 0.250. The smallest absolute Gasteiger partial charge is 0.339 e. The molecule has 0 radical (unpaired) electrons. The normalized spacial score (nSPS) is 11.1. The van der Waals surface area contributed by atoms with Crippen LogP contribution in [0.1, 0.15) is 24.2 Å². The van der Waals surface area contributed by atoms with Crippen molar-refractivity contribution in [3.05, 3.63) is 54.1 Å². The summed E-state index contributed by atoms with van der Waals surface area (Å²) < 4.78 is 27.6.